The summed E-state index contributed by atoms with van der Waals surface area (Å²) in [6, 6.07) is 0.171. The summed E-state index contributed by atoms with van der Waals surface area (Å²) in [6.45, 7) is 2.63. The van der Waals surface area contributed by atoms with Gasteiger partial charge in [-0.1, -0.05) is 0 Å². The summed E-state index contributed by atoms with van der Waals surface area (Å²) in [5, 5.41) is 3.77. The molecule has 4 fully saturated rings. The van der Waals surface area contributed by atoms with E-state index in [1.54, 1.807) is 10.6 Å². The monoisotopic (exact) mass is 593 g/mol. The summed E-state index contributed by atoms with van der Waals surface area (Å²) < 4.78 is 52.4. The standard InChI is InChI=1S/C24H28FN7O8S/c25-17-9-15-19(10-20(17)29-7-5-26-6-8-29)30(13-1-2-13)12-16(21(15)33)22(34)27-28-23(35)18-4-3-14-11-31(18)24(36)32(14)40-41(37,38)39/h9-10,12-14,18,26H,1-8,11H2,(H,27,34)(H,28,35)(H,37,38,39)/t14-,18+/m1/s1. The number of piperidine rings is 1. The van der Waals surface area contributed by atoms with Crippen LogP contribution in [0.15, 0.2) is 23.1 Å². The van der Waals surface area contributed by atoms with Crippen LogP contribution in [-0.4, -0.2) is 90.2 Å². The van der Waals surface area contributed by atoms with Crippen molar-refractivity contribution in [3.63, 3.8) is 0 Å². The highest BCUT2D eigenvalue weighted by Crippen LogP contribution is 2.38. The van der Waals surface area contributed by atoms with E-state index in [-0.39, 0.29) is 36.4 Å². The minimum absolute atomic E-state index is 0.0291. The van der Waals surface area contributed by atoms with Crippen LogP contribution in [0.5, 0.6) is 0 Å². The molecule has 2 atom stereocenters. The maximum atomic E-state index is 15.2. The number of hydrogen-bond donors (Lipinski definition) is 4. The van der Waals surface area contributed by atoms with Crippen molar-refractivity contribution in [2.24, 2.45) is 0 Å². The molecule has 4 amide bonds. The summed E-state index contributed by atoms with van der Waals surface area (Å²) in [4.78, 5) is 54.8. The molecule has 15 nitrogen and oxygen atoms in total. The van der Waals surface area contributed by atoms with Gasteiger partial charge in [0.15, 0.2) is 0 Å². The SMILES string of the molecule is O=C(NNC(=O)[C@@H]1CC[C@@H]2CN1C(=O)N2OS(=O)(=O)O)c1cn(C2CC2)c2cc(N3CCNCC3)c(F)cc2c1=O. The fraction of sp³-hybridized carbons (Fsp3) is 0.500. The Morgan fingerprint density at radius 3 is 2.44 bits per heavy atom. The van der Waals surface area contributed by atoms with Gasteiger partial charge in [0, 0.05) is 50.3 Å². The molecule has 4 N–H and O–H groups in total. The number of anilines is 1. The van der Waals surface area contributed by atoms with Crippen LogP contribution in [0.25, 0.3) is 10.9 Å². The predicted octanol–water partition coefficient (Wildman–Crippen LogP) is -0.351. The summed E-state index contributed by atoms with van der Waals surface area (Å²) in [6.07, 6.45) is 3.41. The number of halogens is 1. The van der Waals surface area contributed by atoms with Crippen molar-refractivity contribution < 1.29 is 36.0 Å². The van der Waals surface area contributed by atoms with Crippen molar-refractivity contribution in [1.82, 2.24) is 30.7 Å². The highest BCUT2D eigenvalue weighted by Gasteiger charge is 2.49. The number of hydroxylamine groups is 2. The molecule has 0 radical (unpaired) electrons. The molecule has 1 aliphatic carbocycles. The van der Waals surface area contributed by atoms with Gasteiger partial charge in [-0.05, 0) is 37.8 Å². The Hall–Kier alpha value is -3.80. The van der Waals surface area contributed by atoms with E-state index < -0.39 is 51.6 Å². The first kappa shape index (κ1) is 27.4. The van der Waals surface area contributed by atoms with Crippen molar-refractivity contribution in [3.8, 4) is 0 Å². The van der Waals surface area contributed by atoms with Crippen LogP contribution in [0.1, 0.15) is 42.1 Å². The van der Waals surface area contributed by atoms with Gasteiger partial charge in [0.1, 0.15) is 17.4 Å². The topological polar surface area (TPSA) is 183 Å². The number of rotatable bonds is 6. The first-order valence-electron chi connectivity index (χ1n) is 13.2. The Kier molecular flexibility index (Phi) is 6.83. The zero-order valence-corrected chi connectivity index (χ0v) is 22.5. The number of piperazine rings is 1. The number of carbonyl (C=O) groups excluding carboxylic acids is 3. The van der Waals surface area contributed by atoms with Crippen LogP contribution in [0.2, 0.25) is 0 Å². The number of urea groups is 1. The molecule has 3 saturated heterocycles. The number of amides is 4. The molecule has 3 aliphatic heterocycles. The normalized spacial score (nSPS) is 22.8. The van der Waals surface area contributed by atoms with Crippen molar-refractivity contribution in [3.05, 3.63) is 39.9 Å². The van der Waals surface area contributed by atoms with Crippen molar-refractivity contribution in [2.75, 3.05) is 37.6 Å². The second-order valence-corrected chi connectivity index (χ2v) is 11.5. The molecule has 6 rings (SSSR count). The lowest BCUT2D eigenvalue weighted by Gasteiger charge is -2.30. The molecule has 1 saturated carbocycles. The number of aromatic nitrogens is 1. The first-order chi connectivity index (χ1) is 19.5. The van der Waals surface area contributed by atoms with Crippen molar-refractivity contribution in [1.29, 1.82) is 0 Å². The fourth-order valence-corrected chi connectivity index (χ4v) is 6.08. The van der Waals surface area contributed by atoms with Gasteiger partial charge in [-0.15, -0.1) is 4.28 Å². The molecule has 2 bridgehead atoms. The molecular weight excluding hydrogens is 565 g/mol. The molecular formula is C24H28FN7O8S. The molecule has 0 spiro atoms. The van der Waals surface area contributed by atoms with Crippen LogP contribution in [-0.2, 0) is 19.5 Å². The van der Waals surface area contributed by atoms with Gasteiger partial charge in [-0.2, -0.15) is 13.5 Å². The maximum Gasteiger partial charge on any atom is 0.418 e. The Balaban J connectivity index is 1.21. The zero-order valence-electron chi connectivity index (χ0n) is 21.7. The summed E-state index contributed by atoms with van der Waals surface area (Å²) in [7, 11) is -4.94. The highest BCUT2D eigenvalue weighted by molar-refractivity contribution is 7.80. The highest BCUT2D eigenvalue weighted by atomic mass is 32.3. The summed E-state index contributed by atoms with van der Waals surface area (Å²) in [5.74, 6) is -2.25. The lowest BCUT2D eigenvalue weighted by molar-refractivity contribution is -0.126. The largest absolute Gasteiger partial charge is 0.418 e. The number of hydrogen-bond acceptors (Lipinski definition) is 9. The predicted molar refractivity (Wildman–Crippen MR) is 141 cm³/mol. The third kappa shape index (κ3) is 5.20. The molecule has 1 aromatic heterocycles. The third-order valence-corrected chi connectivity index (χ3v) is 8.19. The van der Waals surface area contributed by atoms with Gasteiger partial charge in [0.2, 0.25) is 5.43 Å². The van der Waals surface area contributed by atoms with Crippen LogP contribution in [0.4, 0.5) is 14.9 Å². The second kappa shape index (κ2) is 10.2. The lowest BCUT2D eigenvalue weighted by Crippen LogP contribution is -2.54. The van der Waals surface area contributed by atoms with Gasteiger partial charge in [-0.25, -0.2) is 9.18 Å². The van der Waals surface area contributed by atoms with E-state index in [0.717, 1.165) is 23.8 Å². The smallest absolute Gasteiger partial charge is 0.367 e. The number of nitrogens with one attached hydrogen (secondary N) is 3. The van der Waals surface area contributed by atoms with Crippen LogP contribution in [0.3, 0.4) is 0 Å². The van der Waals surface area contributed by atoms with E-state index in [2.05, 4.69) is 20.5 Å². The first-order valence-corrected chi connectivity index (χ1v) is 14.6. The third-order valence-electron chi connectivity index (χ3n) is 7.84. The minimum atomic E-state index is -4.94. The maximum absolute atomic E-state index is 15.2. The van der Waals surface area contributed by atoms with Gasteiger partial charge < -0.3 is 19.7 Å². The molecule has 17 heteroatoms. The van der Waals surface area contributed by atoms with Gasteiger partial charge >= 0.3 is 16.4 Å². The van der Waals surface area contributed by atoms with E-state index in [9.17, 15) is 27.6 Å². The summed E-state index contributed by atoms with van der Waals surface area (Å²) >= 11 is 0. The molecule has 0 unspecified atom stereocenters. The number of nitrogens with zero attached hydrogens (tertiary/aromatic N) is 4. The Morgan fingerprint density at radius 2 is 1.76 bits per heavy atom. The van der Waals surface area contributed by atoms with E-state index >= 15 is 4.39 Å². The lowest BCUT2D eigenvalue weighted by atomic mass is 10.0. The van der Waals surface area contributed by atoms with Crippen LogP contribution >= 0.6 is 0 Å². The van der Waals surface area contributed by atoms with Crippen LogP contribution < -0.4 is 26.5 Å². The molecule has 1 aromatic carbocycles. The number of carbonyl (C=O) groups is 3. The summed E-state index contributed by atoms with van der Waals surface area (Å²) in [5.41, 5.74) is 4.37. The van der Waals surface area contributed by atoms with Crippen molar-refractivity contribution >= 4 is 44.8 Å². The number of fused-ring (bicyclic) bond motifs is 3. The minimum Gasteiger partial charge on any atom is -0.367 e. The molecule has 4 aliphatic rings. The fourth-order valence-electron chi connectivity index (χ4n) is 5.70. The van der Waals surface area contributed by atoms with E-state index in [1.165, 1.54) is 6.20 Å². The quantitative estimate of drug-likeness (QED) is 0.255. The average molecular weight is 594 g/mol. The van der Waals surface area contributed by atoms with Crippen LogP contribution in [0, 0.1) is 5.82 Å². The second-order valence-electron chi connectivity index (χ2n) is 10.5. The van der Waals surface area contributed by atoms with Gasteiger partial charge in [-0.3, -0.25) is 29.8 Å². The number of hydrazine groups is 1. The molecule has 2 aromatic rings. The average Bonchev–Trinajstić information content (AvgIpc) is 3.76. The van der Waals surface area contributed by atoms with E-state index in [4.69, 9.17) is 4.55 Å². The van der Waals surface area contributed by atoms with Crippen molar-refractivity contribution in [2.45, 2.75) is 43.8 Å². The Labute approximate surface area is 233 Å². The van der Waals surface area contributed by atoms with Gasteiger partial charge in [0.05, 0.1) is 17.2 Å². The number of pyridine rings is 1. The zero-order chi connectivity index (χ0) is 29.1. The molecule has 4 heterocycles. The van der Waals surface area contributed by atoms with Gasteiger partial charge in [0.25, 0.3) is 11.8 Å². The molecule has 41 heavy (non-hydrogen) atoms. The van der Waals surface area contributed by atoms with E-state index in [0.29, 0.717) is 42.4 Å². The Bertz CT molecular complexity index is 1610. The van der Waals surface area contributed by atoms with E-state index in [1.807, 2.05) is 4.90 Å². The Morgan fingerprint density at radius 1 is 1.05 bits per heavy atom. The number of benzene rings is 1. The molecule has 220 valence electrons.